The van der Waals surface area contributed by atoms with Crippen LogP contribution in [0.4, 0.5) is 4.39 Å². The van der Waals surface area contributed by atoms with Gasteiger partial charge >= 0.3 is 0 Å². The summed E-state index contributed by atoms with van der Waals surface area (Å²) in [5.41, 5.74) is 22.1. The molecule has 1 fully saturated rings. The first-order chi connectivity index (χ1) is 47.2. The zero-order chi connectivity index (χ0) is 69.3. The van der Waals surface area contributed by atoms with Gasteiger partial charge in [0.15, 0.2) is 17.3 Å². The van der Waals surface area contributed by atoms with E-state index in [1.807, 2.05) is 111 Å². The molecule has 3 aromatic carbocycles. The number of alkyl halides is 1. The molecular weight excluding hydrogens is 1240 g/mol. The molecule has 0 spiro atoms. The van der Waals surface area contributed by atoms with Crippen LogP contribution in [0.15, 0.2) is 193 Å². The molecule has 21 nitrogen and oxygen atoms in total. The minimum atomic E-state index is -0.636. The number of nitrogens with one attached hydrogen (secondary N) is 2. The third-order valence-corrected chi connectivity index (χ3v) is 16.7. The topological polar surface area (TPSA) is 272 Å². The molecule has 12 aromatic rings. The van der Waals surface area contributed by atoms with Crippen molar-refractivity contribution in [2.75, 3.05) is 6.67 Å². The lowest BCUT2D eigenvalue weighted by atomic mass is 10.0. The first-order valence-corrected chi connectivity index (χ1v) is 32.8. The average molecular weight is 1330 g/mol. The van der Waals surface area contributed by atoms with Gasteiger partial charge in [0.1, 0.15) is 40.8 Å². The summed E-state index contributed by atoms with van der Waals surface area (Å²) < 4.78 is 34.7. The predicted molar refractivity (Wildman–Crippen MR) is 387 cm³/mol. The van der Waals surface area contributed by atoms with Crippen molar-refractivity contribution in [3.05, 3.63) is 229 Å². The van der Waals surface area contributed by atoms with Crippen LogP contribution in [0.25, 0.3) is 102 Å². The van der Waals surface area contributed by atoms with Crippen LogP contribution < -0.4 is 33.0 Å². The predicted octanol–water partition coefficient (Wildman–Crippen LogP) is 15.3. The molecule has 22 heteroatoms. The standard InChI is InChI=1S/C26H27N5O2.C26H29N5O2.C24H24FN5O2.4H2/c1-16(2)31-15-20(8-11-25(31)32)23-14-27-17(3)26(29-23)24-12-22(30-33-24)19-6-4-18(5-7-19)13-28-21-9-10-21;1-16(2)27-13-19-6-8-20(9-7-19)22-12-24(33-30-22)26-18(5)28-14-23(29-26)21-10-11-25(32)31(15-21)17(3)4;1-14(2)30-13-18(8-9-23(30)31)21-12-27-15(3)24(28-21)22-10-20(29-32-22)17-6-4-16(5-7-17)19(26)11-25;;;;/h4-8,11-12,14-16,21,28H,9-10,13H2,1-3H3;6-12,14-17,27H,13H2,1-5H3;4-10,12-14,19H,11,26H2,1-3H3;4*1H. The molecule has 0 bridgehead atoms. The first kappa shape index (κ1) is 68.6. The molecule has 98 heavy (non-hydrogen) atoms. The van der Waals surface area contributed by atoms with Crippen molar-refractivity contribution < 1.29 is 23.7 Å². The van der Waals surface area contributed by atoms with Crippen LogP contribution in [0.2, 0.25) is 0 Å². The minimum absolute atomic E-state index is 0. The van der Waals surface area contributed by atoms with Crippen LogP contribution in [0.5, 0.6) is 0 Å². The molecule has 1 unspecified atom stereocenters. The van der Waals surface area contributed by atoms with Gasteiger partial charge in [-0.05, 0) is 110 Å². The molecule has 510 valence electrons. The number of nitrogens with zero attached hydrogens (tertiary/aromatic N) is 12. The van der Waals surface area contributed by atoms with E-state index in [0.717, 1.165) is 74.8 Å². The number of halogens is 1. The molecule has 1 saturated carbocycles. The number of hydrogen-bond donors (Lipinski definition) is 3. The molecule has 0 saturated heterocycles. The van der Waals surface area contributed by atoms with Gasteiger partial charge in [-0.3, -0.25) is 29.3 Å². The number of hydrogen-bond acceptors (Lipinski definition) is 18. The van der Waals surface area contributed by atoms with Crippen molar-refractivity contribution in [2.24, 2.45) is 5.73 Å². The molecule has 9 heterocycles. The molecule has 0 radical (unpaired) electrons. The SMILES string of the molecule is Cc1ncc(-c2ccc(=O)n(C(C)C)c2)nc1-c1cc(-c2ccc(C(N)CF)cc2)no1.Cc1ncc(-c2ccc(=O)n(C(C)C)c2)nc1-c1cc(-c2ccc(CNC(C)C)cc2)no1.Cc1ncc(-c2ccc(=O)n(C(C)C)c2)nc1-c1cc(-c2ccc(CNC3CC3)cc2)no1.[HH].[HH].[HH].[HH]. The molecule has 0 aliphatic heterocycles. The van der Waals surface area contributed by atoms with Crippen LogP contribution in [-0.4, -0.2) is 77.8 Å². The Bertz CT molecular complexity index is 4730. The monoisotopic (exact) mass is 1330 g/mol. The maximum absolute atomic E-state index is 12.8. The molecular formula is C76H88FN15O6. The smallest absolute Gasteiger partial charge is 0.250 e. The summed E-state index contributed by atoms with van der Waals surface area (Å²) in [5.74, 6) is 1.60. The van der Waals surface area contributed by atoms with Gasteiger partial charge in [0.25, 0.3) is 16.7 Å². The second kappa shape index (κ2) is 30.5. The van der Waals surface area contributed by atoms with E-state index in [1.54, 1.807) is 87.0 Å². The fourth-order valence-corrected chi connectivity index (χ4v) is 10.7. The summed E-state index contributed by atoms with van der Waals surface area (Å²) in [6, 6.07) is 40.0. The molecule has 1 aliphatic carbocycles. The van der Waals surface area contributed by atoms with Crippen molar-refractivity contribution in [3.8, 4) is 102 Å². The average Bonchev–Trinajstić information content (AvgIpc) is 1.39. The number of aryl methyl sites for hydroxylation is 3. The van der Waals surface area contributed by atoms with E-state index in [-0.39, 0.29) is 40.5 Å². The summed E-state index contributed by atoms with van der Waals surface area (Å²) in [7, 11) is 0. The number of rotatable bonds is 20. The summed E-state index contributed by atoms with van der Waals surface area (Å²) in [6.07, 6.45) is 13.1. The van der Waals surface area contributed by atoms with Gasteiger partial charge in [0.05, 0.1) is 58.8 Å². The third kappa shape index (κ3) is 16.5. The summed E-state index contributed by atoms with van der Waals surface area (Å²) >= 11 is 0. The molecule has 13 rings (SSSR count). The Kier molecular flexibility index (Phi) is 21.3. The summed E-state index contributed by atoms with van der Waals surface area (Å²) in [4.78, 5) is 64.1. The van der Waals surface area contributed by atoms with Gasteiger partial charge in [-0.2, -0.15) is 0 Å². The van der Waals surface area contributed by atoms with E-state index >= 15 is 0 Å². The second-order valence-corrected chi connectivity index (χ2v) is 25.5. The molecule has 1 atom stereocenters. The van der Waals surface area contributed by atoms with Gasteiger partial charge in [0.2, 0.25) is 0 Å². The van der Waals surface area contributed by atoms with E-state index in [2.05, 4.69) is 91.3 Å². The highest BCUT2D eigenvalue weighted by Gasteiger charge is 2.22. The van der Waals surface area contributed by atoms with Crippen LogP contribution in [0, 0.1) is 20.8 Å². The van der Waals surface area contributed by atoms with Gasteiger partial charge in [-0.25, -0.2) is 19.3 Å². The van der Waals surface area contributed by atoms with Crippen molar-refractivity contribution >= 4 is 0 Å². The Morgan fingerprint density at radius 2 is 0.796 bits per heavy atom. The lowest BCUT2D eigenvalue weighted by Gasteiger charge is -2.11. The fraction of sp³-hybridized carbons (Fsp3) is 0.289. The van der Waals surface area contributed by atoms with Crippen LogP contribution in [0.1, 0.15) is 132 Å². The molecule has 0 amide bonds. The Hall–Kier alpha value is -10.8. The van der Waals surface area contributed by atoms with E-state index in [1.165, 1.54) is 30.0 Å². The maximum atomic E-state index is 12.8. The van der Waals surface area contributed by atoms with Crippen molar-refractivity contribution in [2.45, 2.75) is 138 Å². The number of nitrogens with two attached hydrogens (primary N) is 1. The lowest BCUT2D eigenvalue weighted by Crippen LogP contribution is -2.21. The summed E-state index contributed by atoms with van der Waals surface area (Å²) in [6.45, 7) is 22.8. The lowest BCUT2D eigenvalue weighted by molar-refractivity contribution is 0.433. The second-order valence-electron chi connectivity index (χ2n) is 25.5. The van der Waals surface area contributed by atoms with Crippen LogP contribution >= 0.6 is 0 Å². The van der Waals surface area contributed by atoms with Gasteiger partial charge in [-0.15, -0.1) is 0 Å². The van der Waals surface area contributed by atoms with Gasteiger partial charge in [-0.1, -0.05) is 102 Å². The van der Waals surface area contributed by atoms with Crippen molar-refractivity contribution in [1.29, 1.82) is 0 Å². The quantitative estimate of drug-likeness (QED) is 0.0640. The molecule has 9 aromatic heterocycles. The Morgan fingerprint density at radius 3 is 1.11 bits per heavy atom. The third-order valence-electron chi connectivity index (χ3n) is 16.7. The normalized spacial score (nSPS) is 12.5. The zero-order valence-corrected chi connectivity index (χ0v) is 56.9. The van der Waals surface area contributed by atoms with Crippen molar-refractivity contribution in [3.63, 3.8) is 0 Å². The highest BCUT2D eigenvalue weighted by molar-refractivity contribution is 5.71. The van der Waals surface area contributed by atoms with Gasteiger partial charge < -0.3 is 43.6 Å². The molecule has 1 aliphatic rings. The maximum Gasteiger partial charge on any atom is 0.250 e. The zero-order valence-electron chi connectivity index (χ0n) is 56.9. The summed E-state index contributed by atoms with van der Waals surface area (Å²) in [5, 5.41) is 19.6. The Balaban J connectivity index is 0.000000210. The van der Waals surface area contributed by atoms with E-state index in [4.69, 9.17) is 34.3 Å². The van der Waals surface area contributed by atoms with Gasteiger partial charge in [0, 0.05) is 137 Å². The Labute approximate surface area is 573 Å². The largest absolute Gasteiger partial charge is 0.354 e. The van der Waals surface area contributed by atoms with E-state index in [0.29, 0.717) is 74.9 Å². The van der Waals surface area contributed by atoms with Crippen LogP contribution in [0.3, 0.4) is 0 Å². The number of pyridine rings is 3. The minimum Gasteiger partial charge on any atom is -0.354 e. The van der Waals surface area contributed by atoms with Crippen LogP contribution in [-0.2, 0) is 13.1 Å². The fourth-order valence-electron chi connectivity index (χ4n) is 10.7. The highest BCUT2D eigenvalue weighted by atomic mass is 19.1. The molecule has 4 N–H and O–H groups in total. The Morgan fingerprint density at radius 1 is 0.469 bits per heavy atom. The first-order valence-electron chi connectivity index (χ1n) is 32.8. The highest BCUT2D eigenvalue weighted by Crippen LogP contribution is 2.33. The van der Waals surface area contributed by atoms with E-state index < -0.39 is 12.7 Å². The number of aromatic nitrogens is 12. The number of benzene rings is 3. The van der Waals surface area contributed by atoms with E-state index in [9.17, 15) is 18.8 Å². The van der Waals surface area contributed by atoms with Crippen molar-refractivity contribution in [1.82, 2.24) is 69.7 Å².